The number of nitrogens with one attached hydrogen (secondary N) is 1. The van der Waals surface area contributed by atoms with E-state index in [1.54, 1.807) is 12.1 Å². The lowest BCUT2D eigenvalue weighted by Crippen LogP contribution is -2.42. The topological polar surface area (TPSA) is 61.8 Å². The van der Waals surface area contributed by atoms with Crippen LogP contribution in [0.4, 0.5) is 0 Å². The predicted molar refractivity (Wildman–Crippen MR) is 81.8 cm³/mol. The highest BCUT2D eigenvalue weighted by Gasteiger charge is 2.15. The molecule has 0 bridgehead atoms. The number of hydrogen-bond donors (Lipinski definition) is 2. The van der Waals surface area contributed by atoms with Gasteiger partial charge in [-0.15, -0.1) is 0 Å². The lowest BCUT2D eigenvalue weighted by Gasteiger charge is -2.29. The van der Waals surface area contributed by atoms with Crippen molar-refractivity contribution in [1.29, 1.82) is 0 Å². The smallest absolute Gasteiger partial charge is 0.307 e. The fourth-order valence-electron chi connectivity index (χ4n) is 2.56. The molecule has 1 aromatic carbocycles. The van der Waals surface area contributed by atoms with E-state index in [2.05, 4.69) is 17.3 Å². The first-order valence-electron chi connectivity index (χ1n) is 7.49. The SMILES string of the molecule is CN1CCC(NCCOc2cccc(CC(=O)O)c2)CC1. The number of ether oxygens (including phenoxy) is 1. The number of nitrogens with zero attached hydrogens (tertiary/aromatic N) is 1. The maximum Gasteiger partial charge on any atom is 0.307 e. The standard InChI is InChI=1S/C16H24N2O3/c1-18-8-5-14(6-9-18)17-7-10-21-15-4-2-3-13(11-15)12-16(19)20/h2-4,11,14,17H,5-10,12H2,1H3,(H,19,20). The number of piperidine rings is 1. The number of carbonyl (C=O) groups is 1. The molecule has 1 aliphatic rings. The van der Waals surface area contributed by atoms with Gasteiger partial charge in [0.15, 0.2) is 0 Å². The molecule has 21 heavy (non-hydrogen) atoms. The summed E-state index contributed by atoms with van der Waals surface area (Å²) in [6, 6.07) is 7.88. The average Bonchev–Trinajstić information content (AvgIpc) is 2.45. The van der Waals surface area contributed by atoms with Gasteiger partial charge in [0.05, 0.1) is 6.42 Å². The third-order valence-electron chi connectivity index (χ3n) is 3.78. The van der Waals surface area contributed by atoms with Gasteiger partial charge in [-0.2, -0.15) is 0 Å². The second kappa shape index (κ2) is 8.00. The first-order valence-corrected chi connectivity index (χ1v) is 7.49. The zero-order valence-corrected chi connectivity index (χ0v) is 12.5. The highest BCUT2D eigenvalue weighted by Crippen LogP contribution is 2.14. The first kappa shape index (κ1) is 15.8. The molecule has 0 aromatic heterocycles. The Kier molecular flexibility index (Phi) is 6.02. The molecule has 5 heteroatoms. The van der Waals surface area contributed by atoms with Crippen LogP contribution in [0.1, 0.15) is 18.4 Å². The minimum absolute atomic E-state index is 0.0328. The molecule has 0 unspecified atom stereocenters. The third kappa shape index (κ3) is 5.73. The minimum Gasteiger partial charge on any atom is -0.492 e. The molecule has 1 fully saturated rings. The van der Waals surface area contributed by atoms with E-state index < -0.39 is 5.97 Å². The van der Waals surface area contributed by atoms with Crippen molar-refractivity contribution < 1.29 is 14.6 Å². The largest absolute Gasteiger partial charge is 0.492 e. The number of carboxylic acid groups (broad SMARTS) is 1. The molecule has 0 amide bonds. The molecule has 1 aliphatic heterocycles. The van der Waals surface area contributed by atoms with Crippen molar-refractivity contribution in [3.63, 3.8) is 0 Å². The molecule has 1 aromatic rings. The van der Waals surface area contributed by atoms with E-state index in [0.29, 0.717) is 12.6 Å². The highest BCUT2D eigenvalue weighted by molar-refractivity contribution is 5.70. The van der Waals surface area contributed by atoms with Crippen LogP contribution in [-0.4, -0.2) is 55.3 Å². The van der Waals surface area contributed by atoms with Crippen LogP contribution < -0.4 is 10.1 Å². The van der Waals surface area contributed by atoms with Gasteiger partial charge in [0.2, 0.25) is 0 Å². The summed E-state index contributed by atoms with van der Waals surface area (Å²) in [4.78, 5) is 13.0. The van der Waals surface area contributed by atoms with Crippen LogP contribution >= 0.6 is 0 Å². The van der Waals surface area contributed by atoms with Gasteiger partial charge in [-0.25, -0.2) is 0 Å². The summed E-state index contributed by atoms with van der Waals surface area (Å²) in [5.74, 6) is -0.0880. The zero-order valence-electron chi connectivity index (χ0n) is 12.5. The number of rotatable bonds is 7. The Morgan fingerprint density at radius 2 is 2.19 bits per heavy atom. The van der Waals surface area contributed by atoms with Crippen molar-refractivity contribution in [2.24, 2.45) is 0 Å². The quantitative estimate of drug-likeness (QED) is 0.743. The third-order valence-corrected chi connectivity index (χ3v) is 3.78. The molecule has 2 rings (SSSR count). The van der Waals surface area contributed by atoms with Gasteiger partial charge in [-0.05, 0) is 50.7 Å². The van der Waals surface area contributed by atoms with Crippen LogP contribution in [0, 0.1) is 0 Å². The lowest BCUT2D eigenvalue weighted by atomic mass is 10.1. The molecule has 1 saturated heterocycles. The Hall–Kier alpha value is -1.59. The Morgan fingerprint density at radius 3 is 2.90 bits per heavy atom. The molecule has 2 N–H and O–H groups in total. The summed E-state index contributed by atoms with van der Waals surface area (Å²) in [7, 11) is 2.16. The molecular weight excluding hydrogens is 268 g/mol. The maximum absolute atomic E-state index is 10.7. The van der Waals surface area contributed by atoms with Gasteiger partial charge < -0.3 is 20.1 Å². The summed E-state index contributed by atoms with van der Waals surface area (Å²) in [5.41, 5.74) is 0.767. The van der Waals surface area contributed by atoms with Crippen LogP contribution in [0.3, 0.4) is 0 Å². The van der Waals surface area contributed by atoms with Crippen molar-refractivity contribution in [1.82, 2.24) is 10.2 Å². The van der Waals surface area contributed by atoms with Gasteiger partial charge in [0.1, 0.15) is 12.4 Å². The van der Waals surface area contributed by atoms with E-state index in [9.17, 15) is 4.79 Å². The van der Waals surface area contributed by atoms with Crippen LogP contribution in [0.25, 0.3) is 0 Å². The number of aliphatic carboxylic acids is 1. The van der Waals surface area contributed by atoms with Crippen molar-refractivity contribution in [2.75, 3.05) is 33.3 Å². The number of benzene rings is 1. The lowest BCUT2D eigenvalue weighted by molar-refractivity contribution is -0.136. The second-order valence-electron chi connectivity index (χ2n) is 5.60. The summed E-state index contributed by atoms with van der Waals surface area (Å²) in [5, 5.41) is 12.3. The zero-order chi connectivity index (χ0) is 15.1. The fraction of sp³-hybridized carbons (Fsp3) is 0.562. The molecule has 1 heterocycles. The Labute approximate surface area is 125 Å². The van der Waals surface area contributed by atoms with E-state index in [0.717, 1.165) is 30.9 Å². The van der Waals surface area contributed by atoms with E-state index in [1.165, 1.54) is 12.8 Å². The van der Waals surface area contributed by atoms with E-state index >= 15 is 0 Å². The normalized spacial score (nSPS) is 16.8. The van der Waals surface area contributed by atoms with E-state index in [1.807, 2.05) is 12.1 Å². The fourth-order valence-corrected chi connectivity index (χ4v) is 2.56. The second-order valence-corrected chi connectivity index (χ2v) is 5.60. The van der Waals surface area contributed by atoms with Crippen molar-refractivity contribution in [3.05, 3.63) is 29.8 Å². The highest BCUT2D eigenvalue weighted by atomic mass is 16.5. The average molecular weight is 292 g/mol. The Bertz CT molecular complexity index is 457. The predicted octanol–water partition coefficient (Wildman–Crippen LogP) is 1.38. The molecule has 0 radical (unpaired) electrons. The van der Waals surface area contributed by atoms with Crippen molar-refractivity contribution in [3.8, 4) is 5.75 Å². The van der Waals surface area contributed by atoms with Gasteiger partial charge >= 0.3 is 5.97 Å². The number of carboxylic acids is 1. The van der Waals surface area contributed by atoms with Crippen molar-refractivity contribution in [2.45, 2.75) is 25.3 Å². The summed E-state index contributed by atoms with van der Waals surface area (Å²) < 4.78 is 5.67. The van der Waals surface area contributed by atoms with Crippen LogP contribution in [0.15, 0.2) is 24.3 Å². The van der Waals surface area contributed by atoms with Gasteiger partial charge in [0.25, 0.3) is 0 Å². The Morgan fingerprint density at radius 1 is 1.43 bits per heavy atom. The molecule has 5 nitrogen and oxygen atoms in total. The number of hydrogen-bond acceptors (Lipinski definition) is 4. The van der Waals surface area contributed by atoms with E-state index in [4.69, 9.17) is 9.84 Å². The first-order chi connectivity index (χ1) is 10.1. The van der Waals surface area contributed by atoms with Gasteiger partial charge in [-0.3, -0.25) is 4.79 Å². The Balaban J connectivity index is 1.67. The summed E-state index contributed by atoms with van der Waals surface area (Å²) in [6.45, 7) is 3.71. The van der Waals surface area contributed by atoms with Crippen LogP contribution in [0.5, 0.6) is 5.75 Å². The number of likely N-dealkylation sites (tertiary alicyclic amines) is 1. The molecule has 116 valence electrons. The summed E-state index contributed by atoms with van der Waals surface area (Å²) >= 11 is 0. The minimum atomic E-state index is -0.823. The molecule has 0 saturated carbocycles. The van der Waals surface area contributed by atoms with Gasteiger partial charge in [0, 0.05) is 12.6 Å². The monoisotopic (exact) mass is 292 g/mol. The molecule has 0 aliphatic carbocycles. The molecule has 0 spiro atoms. The molecular formula is C16H24N2O3. The summed E-state index contributed by atoms with van der Waals surface area (Å²) in [6.07, 6.45) is 2.40. The van der Waals surface area contributed by atoms with Crippen LogP contribution in [-0.2, 0) is 11.2 Å². The molecule has 0 atom stereocenters. The van der Waals surface area contributed by atoms with Crippen molar-refractivity contribution >= 4 is 5.97 Å². The maximum atomic E-state index is 10.7. The van der Waals surface area contributed by atoms with Gasteiger partial charge in [-0.1, -0.05) is 12.1 Å². The van der Waals surface area contributed by atoms with Crippen LogP contribution in [0.2, 0.25) is 0 Å². The van der Waals surface area contributed by atoms with E-state index in [-0.39, 0.29) is 6.42 Å².